The molecular weight excluding hydrogens is 446 g/mol. The van der Waals surface area contributed by atoms with E-state index in [-0.39, 0.29) is 39.8 Å². The van der Waals surface area contributed by atoms with Crippen molar-refractivity contribution in [1.82, 2.24) is 0 Å². The second-order valence-electron chi connectivity index (χ2n) is 6.75. The fourth-order valence-electron chi connectivity index (χ4n) is 3.06. The summed E-state index contributed by atoms with van der Waals surface area (Å²) in [5.74, 6) is -0.626. The Bertz CT molecular complexity index is 1190. The van der Waals surface area contributed by atoms with Crippen molar-refractivity contribution in [3.63, 3.8) is 0 Å². The number of hydrogen-bond acceptors (Lipinski definition) is 9. The van der Waals surface area contributed by atoms with Gasteiger partial charge in [0.2, 0.25) is 5.78 Å². The van der Waals surface area contributed by atoms with Crippen LogP contribution < -0.4 is 24.3 Å². The zero-order valence-electron chi connectivity index (χ0n) is 19.0. The van der Waals surface area contributed by atoms with E-state index in [0.29, 0.717) is 5.75 Å². The highest BCUT2D eigenvalue weighted by Gasteiger charge is 2.23. The van der Waals surface area contributed by atoms with Crippen molar-refractivity contribution < 1.29 is 42.5 Å². The minimum Gasteiger partial charge on any atom is -0.497 e. The zero-order chi connectivity index (χ0) is 24.7. The molecule has 0 spiro atoms. The molecule has 0 aliphatic rings. The molecule has 2 aromatic carbocycles. The largest absolute Gasteiger partial charge is 0.497 e. The quantitative estimate of drug-likeness (QED) is 0.350. The van der Waals surface area contributed by atoms with Crippen LogP contribution in [0.3, 0.4) is 0 Å². The number of Topliss-reactive ketones (excluding diaryl/α,β-unsaturated/α-hetero) is 1. The average molecular weight is 469 g/mol. The van der Waals surface area contributed by atoms with Gasteiger partial charge >= 0.3 is 5.97 Å². The van der Waals surface area contributed by atoms with Gasteiger partial charge in [-0.15, -0.1) is 0 Å². The van der Waals surface area contributed by atoms with Crippen molar-refractivity contribution >= 4 is 23.3 Å². The van der Waals surface area contributed by atoms with E-state index in [2.05, 4.69) is 5.32 Å². The molecule has 3 rings (SSSR count). The van der Waals surface area contributed by atoms with Crippen molar-refractivity contribution in [2.24, 2.45) is 0 Å². The molecule has 34 heavy (non-hydrogen) atoms. The predicted molar refractivity (Wildman–Crippen MR) is 120 cm³/mol. The molecular formula is C24H23NO9. The van der Waals surface area contributed by atoms with Crippen molar-refractivity contribution in [2.45, 2.75) is 0 Å². The summed E-state index contributed by atoms with van der Waals surface area (Å²) in [6, 6.07) is 10.4. The normalized spacial score (nSPS) is 10.2. The third kappa shape index (κ3) is 5.29. The molecule has 1 N–H and O–H groups in total. The molecule has 10 heteroatoms. The van der Waals surface area contributed by atoms with Crippen molar-refractivity contribution in [3.05, 3.63) is 65.6 Å². The zero-order valence-corrected chi connectivity index (χ0v) is 19.0. The Hall–Kier alpha value is -4.47. The van der Waals surface area contributed by atoms with E-state index in [9.17, 15) is 14.4 Å². The van der Waals surface area contributed by atoms with E-state index in [4.69, 9.17) is 28.1 Å². The Balaban J connectivity index is 1.84. The number of furan rings is 1. The third-order valence-electron chi connectivity index (χ3n) is 4.78. The standard InChI is InChI=1S/C24H23NO9/c1-29-14-7-8-15(20(10-14)30-2)18(26)13-34-24(28)16-11-21(31-3)22(32-4)12-17(16)25-23(27)19-6-5-9-33-19/h5-12H,13H2,1-4H3,(H,25,27). The fourth-order valence-corrected chi connectivity index (χ4v) is 3.06. The summed E-state index contributed by atoms with van der Waals surface area (Å²) in [5.41, 5.74) is 0.250. The highest BCUT2D eigenvalue weighted by atomic mass is 16.5. The molecule has 0 unspecified atom stereocenters. The molecule has 0 aliphatic heterocycles. The number of benzene rings is 2. The molecule has 0 saturated carbocycles. The van der Waals surface area contributed by atoms with Crippen LogP contribution in [0.25, 0.3) is 0 Å². The fraction of sp³-hybridized carbons (Fsp3) is 0.208. The number of ketones is 1. The first-order valence-electron chi connectivity index (χ1n) is 9.95. The number of rotatable bonds is 10. The lowest BCUT2D eigenvalue weighted by Gasteiger charge is -2.15. The van der Waals surface area contributed by atoms with Gasteiger partial charge in [-0.3, -0.25) is 9.59 Å². The highest BCUT2D eigenvalue weighted by molar-refractivity contribution is 6.08. The molecule has 10 nitrogen and oxygen atoms in total. The van der Waals surface area contributed by atoms with Crippen LogP contribution in [0, 0.1) is 0 Å². The van der Waals surface area contributed by atoms with Crippen LogP contribution in [0.1, 0.15) is 31.3 Å². The van der Waals surface area contributed by atoms with Crippen LogP contribution in [0.5, 0.6) is 23.0 Å². The van der Waals surface area contributed by atoms with Gasteiger partial charge in [0.1, 0.15) is 11.5 Å². The lowest BCUT2D eigenvalue weighted by molar-refractivity contribution is 0.0474. The summed E-state index contributed by atoms with van der Waals surface area (Å²) in [5, 5.41) is 2.58. The maximum Gasteiger partial charge on any atom is 0.340 e. The highest BCUT2D eigenvalue weighted by Crippen LogP contribution is 2.34. The number of ether oxygens (including phenoxy) is 5. The maximum absolute atomic E-state index is 12.9. The molecule has 0 aliphatic carbocycles. The molecule has 0 bridgehead atoms. The minimum atomic E-state index is -0.864. The van der Waals surface area contributed by atoms with Crippen LogP contribution >= 0.6 is 0 Å². The summed E-state index contributed by atoms with van der Waals surface area (Å²) < 4.78 is 31.2. The Morgan fingerprint density at radius 3 is 2.15 bits per heavy atom. The van der Waals surface area contributed by atoms with Crippen molar-refractivity contribution in [1.29, 1.82) is 0 Å². The van der Waals surface area contributed by atoms with E-state index in [1.165, 1.54) is 59.0 Å². The smallest absolute Gasteiger partial charge is 0.340 e. The van der Waals surface area contributed by atoms with E-state index >= 15 is 0 Å². The topological polar surface area (TPSA) is 123 Å². The molecule has 1 amide bonds. The summed E-state index contributed by atoms with van der Waals surface area (Å²) >= 11 is 0. The van der Waals surface area contributed by atoms with Gasteiger partial charge in [-0.05, 0) is 24.3 Å². The van der Waals surface area contributed by atoms with Gasteiger partial charge in [0.25, 0.3) is 5.91 Å². The van der Waals surface area contributed by atoms with E-state index in [0.717, 1.165) is 0 Å². The number of carbonyl (C=O) groups excluding carboxylic acids is 3. The number of esters is 1. The molecule has 3 aromatic rings. The molecule has 0 atom stereocenters. The van der Waals surface area contributed by atoms with Gasteiger partial charge in [-0.1, -0.05) is 0 Å². The van der Waals surface area contributed by atoms with Gasteiger partial charge in [-0.25, -0.2) is 4.79 Å². The lowest BCUT2D eigenvalue weighted by Crippen LogP contribution is -2.18. The van der Waals surface area contributed by atoms with E-state index in [1.54, 1.807) is 18.2 Å². The molecule has 178 valence electrons. The molecule has 0 radical (unpaired) electrons. The Morgan fingerprint density at radius 2 is 1.53 bits per heavy atom. The number of hydrogen-bond donors (Lipinski definition) is 1. The average Bonchev–Trinajstić information content (AvgIpc) is 3.41. The van der Waals surface area contributed by atoms with Crippen LogP contribution in [0.2, 0.25) is 0 Å². The summed E-state index contributed by atoms with van der Waals surface area (Å²) in [7, 11) is 5.71. The summed E-state index contributed by atoms with van der Waals surface area (Å²) in [4.78, 5) is 38.0. The number of methoxy groups -OCH3 is 4. The number of amides is 1. The SMILES string of the molecule is COc1ccc(C(=O)COC(=O)c2cc(OC)c(OC)cc2NC(=O)c2ccco2)c(OC)c1. The monoisotopic (exact) mass is 469 g/mol. The second-order valence-corrected chi connectivity index (χ2v) is 6.75. The Morgan fingerprint density at radius 1 is 0.824 bits per heavy atom. The predicted octanol–water partition coefficient (Wildman–Crippen LogP) is 3.61. The van der Waals surface area contributed by atoms with Gasteiger partial charge in [0, 0.05) is 18.2 Å². The first kappa shape index (κ1) is 24.2. The van der Waals surface area contributed by atoms with Gasteiger partial charge in [-0.2, -0.15) is 0 Å². The Labute approximate surface area is 195 Å². The van der Waals surface area contributed by atoms with Crippen LogP contribution in [-0.2, 0) is 4.74 Å². The van der Waals surface area contributed by atoms with Gasteiger partial charge in [0.15, 0.2) is 23.9 Å². The molecule has 0 saturated heterocycles. The summed E-state index contributed by atoms with van der Waals surface area (Å²) in [6.07, 6.45) is 1.34. The maximum atomic E-state index is 12.9. The molecule has 0 fully saturated rings. The van der Waals surface area contributed by atoms with Gasteiger partial charge in [0.05, 0.1) is 51.5 Å². The van der Waals surface area contributed by atoms with Gasteiger partial charge < -0.3 is 33.4 Å². The first-order chi connectivity index (χ1) is 16.4. The Kier molecular flexibility index (Phi) is 7.75. The second kappa shape index (κ2) is 10.9. The van der Waals surface area contributed by atoms with Crippen molar-refractivity contribution in [3.8, 4) is 23.0 Å². The number of nitrogens with one attached hydrogen (secondary N) is 1. The summed E-state index contributed by atoms with van der Waals surface area (Å²) in [6.45, 7) is -0.568. The number of anilines is 1. The van der Waals surface area contributed by atoms with Crippen LogP contribution in [0.15, 0.2) is 53.1 Å². The molecule has 1 aromatic heterocycles. The van der Waals surface area contributed by atoms with Crippen LogP contribution in [0.4, 0.5) is 5.69 Å². The number of carbonyl (C=O) groups is 3. The minimum absolute atomic E-state index is 0.0379. The van der Waals surface area contributed by atoms with Crippen LogP contribution in [-0.4, -0.2) is 52.7 Å². The molecule has 1 heterocycles. The van der Waals surface area contributed by atoms with Crippen molar-refractivity contribution in [2.75, 3.05) is 40.4 Å². The first-order valence-corrected chi connectivity index (χ1v) is 9.95. The van der Waals surface area contributed by atoms with E-state index < -0.39 is 24.3 Å². The lowest BCUT2D eigenvalue weighted by atomic mass is 10.1. The van der Waals surface area contributed by atoms with E-state index in [1.807, 2.05) is 0 Å². The third-order valence-corrected chi connectivity index (χ3v) is 4.78.